The van der Waals surface area contributed by atoms with Crippen molar-refractivity contribution in [1.29, 1.82) is 0 Å². The third-order valence-corrected chi connectivity index (χ3v) is 4.06. The molecule has 1 amide bonds. The average molecular weight is 296 g/mol. The van der Waals surface area contributed by atoms with Crippen LogP contribution in [0.15, 0.2) is 54.6 Å². The Labute approximate surface area is 130 Å². The largest absolute Gasteiger partial charge is 0.445 e. The third kappa shape index (κ3) is 3.39. The predicted molar refractivity (Wildman–Crippen MR) is 86.4 cm³/mol. The zero-order valence-electron chi connectivity index (χ0n) is 12.4. The first kappa shape index (κ1) is 14.4. The van der Waals surface area contributed by atoms with E-state index < -0.39 is 0 Å². The Kier molecular flexibility index (Phi) is 4.28. The Balaban J connectivity index is 1.53. The highest BCUT2D eigenvalue weighted by Gasteiger charge is 2.28. The van der Waals surface area contributed by atoms with E-state index in [1.54, 1.807) is 4.90 Å². The van der Waals surface area contributed by atoms with E-state index in [2.05, 4.69) is 0 Å². The van der Waals surface area contributed by atoms with Crippen molar-refractivity contribution in [3.05, 3.63) is 65.7 Å². The second-order valence-electron chi connectivity index (χ2n) is 5.64. The molecule has 22 heavy (non-hydrogen) atoms. The van der Waals surface area contributed by atoms with Crippen LogP contribution in [0.3, 0.4) is 0 Å². The second kappa shape index (κ2) is 6.52. The maximum absolute atomic E-state index is 12.1. The van der Waals surface area contributed by atoms with Gasteiger partial charge in [-0.1, -0.05) is 42.5 Å². The SMILES string of the molecule is Nc1ccc(C2CCN(C(=O)OCc3ccccc3)C2)cc1. The molecule has 0 bridgehead atoms. The van der Waals surface area contributed by atoms with Crippen LogP contribution in [0.5, 0.6) is 0 Å². The predicted octanol–water partition coefficient (Wildman–Crippen LogP) is 3.39. The number of amides is 1. The summed E-state index contributed by atoms with van der Waals surface area (Å²) in [5, 5.41) is 0. The Morgan fingerprint density at radius 1 is 1.14 bits per heavy atom. The van der Waals surface area contributed by atoms with E-state index in [-0.39, 0.29) is 6.09 Å². The van der Waals surface area contributed by atoms with Crippen molar-refractivity contribution in [1.82, 2.24) is 4.90 Å². The molecular weight excluding hydrogens is 276 g/mol. The molecule has 4 heteroatoms. The molecule has 114 valence electrons. The molecule has 0 spiro atoms. The van der Waals surface area contributed by atoms with Gasteiger partial charge in [-0.3, -0.25) is 0 Å². The maximum atomic E-state index is 12.1. The van der Waals surface area contributed by atoms with Crippen molar-refractivity contribution in [3.63, 3.8) is 0 Å². The Morgan fingerprint density at radius 3 is 2.59 bits per heavy atom. The summed E-state index contributed by atoms with van der Waals surface area (Å²) < 4.78 is 5.38. The van der Waals surface area contributed by atoms with E-state index in [4.69, 9.17) is 10.5 Å². The number of anilines is 1. The third-order valence-electron chi connectivity index (χ3n) is 4.06. The van der Waals surface area contributed by atoms with Crippen molar-refractivity contribution in [2.75, 3.05) is 18.8 Å². The van der Waals surface area contributed by atoms with Gasteiger partial charge in [0.1, 0.15) is 6.61 Å². The summed E-state index contributed by atoms with van der Waals surface area (Å²) in [6, 6.07) is 17.6. The number of likely N-dealkylation sites (tertiary alicyclic amines) is 1. The van der Waals surface area contributed by atoms with Gasteiger partial charge in [0, 0.05) is 24.7 Å². The van der Waals surface area contributed by atoms with Crippen molar-refractivity contribution in [3.8, 4) is 0 Å². The number of nitrogens with two attached hydrogens (primary N) is 1. The van der Waals surface area contributed by atoms with Gasteiger partial charge in [-0.25, -0.2) is 4.79 Å². The molecule has 2 N–H and O–H groups in total. The molecule has 0 aromatic heterocycles. The van der Waals surface area contributed by atoms with Gasteiger partial charge in [-0.15, -0.1) is 0 Å². The van der Waals surface area contributed by atoms with Gasteiger partial charge in [-0.2, -0.15) is 0 Å². The fourth-order valence-electron chi connectivity index (χ4n) is 2.78. The molecule has 0 aliphatic carbocycles. The lowest BCUT2D eigenvalue weighted by atomic mass is 9.98. The van der Waals surface area contributed by atoms with Gasteiger partial charge in [0.15, 0.2) is 0 Å². The van der Waals surface area contributed by atoms with Gasteiger partial charge in [0.2, 0.25) is 0 Å². The quantitative estimate of drug-likeness (QED) is 0.883. The first-order valence-electron chi connectivity index (χ1n) is 7.53. The normalized spacial score (nSPS) is 17.5. The summed E-state index contributed by atoms with van der Waals surface area (Å²) in [6.07, 6.45) is 0.728. The van der Waals surface area contributed by atoms with Crippen LogP contribution in [0.2, 0.25) is 0 Å². The van der Waals surface area contributed by atoms with Crippen LogP contribution in [0.4, 0.5) is 10.5 Å². The summed E-state index contributed by atoms with van der Waals surface area (Å²) in [7, 11) is 0. The number of benzene rings is 2. The van der Waals surface area contributed by atoms with Gasteiger partial charge < -0.3 is 15.4 Å². The van der Waals surface area contributed by atoms with Crippen LogP contribution in [-0.2, 0) is 11.3 Å². The fourth-order valence-corrected chi connectivity index (χ4v) is 2.78. The number of carbonyl (C=O) groups excluding carboxylic acids is 1. The van der Waals surface area contributed by atoms with E-state index in [0.29, 0.717) is 19.1 Å². The molecule has 0 radical (unpaired) electrons. The highest BCUT2D eigenvalue weighted by Crippen LogP contribution is 2.28. The first-order chi connectivity index (χ1) is 10.7. The monoisotopic (exact) mass is 296 g/mol. The number of nitrogen functional groups attached to an aromatic ring is 1. The lowest BCUT2D eigenvalue weighted by Gasteiger charge is -2.16. The molecular formula is C18H20N2O2. The molecule has 0 saturated carbocycles. The number of rotatable bonds is 3. The second-order valence-corrected chi connectivity index (χ2v) is 5.64. The zero-order valence-corrected chi connectivity index (χ0v) is 12.4. The standard InChI is InChI=1S/C18H20N2O2/c19-17-8-6-15(7-9-17)16-10-11-20(12-16)18(21)22-13-14-4-2-1-3-5-14/h1-9,16H,10-13,19H2. The van der Waals surface area contributed by atoms with Gasteiger partial charge >= 0.3 is 6.09 Å². The number of hydrogen-bond acceptors (Lipinski definition) is 3. The topological polar surface area (TPSA) is 55.6 Å². The number of carbonyl (C=O) groups is 1. The minimum Gasteiger partial charge on any atom is -0.445 e. The van der Waals surface area contributed by atoms with Gasteiger partial charge in [0.05, 0.1) is 0 Å². The highest BCUT2D eigenvalue weighted by atomic mass is 16.6. The fraction of sp³-hybridized carbons (Fsp3) is 0.278. The van der Waals surface area contributed by atoms with Crippen molar-refractivity contribution >= 4 is 11.8 Å². The van der Waals surface area contributed by atoms with E-state index in [0.717, 1.165) is 24.2 Å². The van der Waals surface area contributed by atoms with Crippen molar-refractivity contribution in [2.45, 2.75) is 18.9 Å². The molecule has 4 nitrogen and oxygen atoms in total. The number of hydrogen-bond donors (Lipinski definition) is 1. The molecule has 3 rings (SSSR count). The lowest BCUT2D eigenvalue weighted by molar-refractivity contribution is 0.104. The number of nitrogens with zero attached hydrogens (tertiary/aromatic N) is 1. The Morgan fingerprint density at radius 2 is 1.86 bits per heavy atom. The molecule has 1 unspecified atom stereocenters. The zero-order chi connectivity index (χ0) is 15.4. The summed E-state index contributed by atoms with van der Waals surface area (Å²) in [5.41, 5.74) is 8.71. The van der Waals surface area contributed by atoms with E-state index >= 15 is 0 Å². The lowest BCUT2D eigenvalue weighted by Crippen LogP contribution is -2.29. The molecule has 2 aromatic carbocycles. The van der Waals surface area contributed by atoms with E-state index in [1.165, 1.54) is 5.56 Å². The molecule has 1 aliphatic heterocycles. The molecule has 1 fully saturated rings. The molecule has 1 heterocycles. The van der Waals surface area contributed by atoms with Gasteiger partial charge in [-0.05, 0) is 29.7 Å². The summed E-state index contributed by atoms with van der Waals surface area (Å²) in [4.78, 5) is 13.9. The number of ether oxygens (including phenoxy) is 1. The van der Waals surface area contributed by atoms with Crippen molar-refractivity contribution in [2.24, 2.45) is 0 Å². The van der Waals surface area contributed by atoms with E-state index in [1.807, 2.05) is 54.6 Å². The van der Waals surface area contributed by atoms with Crippen LogP contribution in [0.1, 0.15) is 23.5 Å². The van der Waals surface area contributed by atoms with Crippen LogP contribution in [-0.4, -0.2) is 24.1 Å². The highest BCUT2D eigenvalue weighted by molar-refractivity contribution is 5.68. The minimum atomic E-state index is -0.234. The van der Waals surface area contributed by atoms with Crippen LogP contribution in [0.25, 0.3) is 0 Å². The molecule has 1 atom stereocenters. The smallest absolute Gasteiger partial charge is 0.410 e. The Hall–Kier alpha value is -2.49. The first-order valence-corrected chi connectivity index (χ1v) is 7.53. The Bertz CT molecular complexity index is 625. The van der Waals surface area contributed by atoms with Crippen LogP contribution >= 0.6 is 0 Å². The molecule has 1 aliphatic rings. The van der Waals surface area contributed by atoms with Crippen LogP contribution < -0.4 is 5.73 Å². The summed E-state index contributed by atoms with van der Waals surface area (Å²) in [6.45, 7) is 1.77. The van der Waals surface area contributed by atoms with E-state index in [9.17, 15) is 4.79 Å². The maximum Gasteiger partial charge on any atom is 0.410 e. The molecule has 2 aromatic rings. The average Bonchev–Trinajstić information content (AvgIpc) is 3.04. The molecule has 1 saturated heterocycles. The summed E-state index contributed by atoms with van der Waals surface area (Å²) >= 11 is 0. The summed E-state index contributed by atoms with van der Waals surface area (Å²) in [5.74, 6) is 0.366. The minimum absolute atomic E-state index is 0.234. The van der Waals surface area contributed by atoms with Gasteiger partial charge in [0.25, 0.3) is 0 Å². The van der Waals surface area contributed by atoms with Crippen molar-refractivity contribution < 1.29 is 9.53 Å². The van der Waals surface area contributed by atoms with Crippen LogP contribution in [0, 0.1) is 0 Å².